The van der Waals surface area contributed by atoms with E-state index in [4.69, 9.17) is 4.74 Å². The molecule has 0 radical (unpaired) electrons. The van der Waals surface area contributed by atoms with Crippen LogP contribution in [0.2, 0.25) is 0 Å². The number of carbonyl (C=O) groups excluding carboxylic acids is 1. The Balaban J connectivity index is 0.00000225. The van der Waals surface area contributed by atoms with E-state index in [0.29, 0.717) is 5.56 Å². The SMILES string of the molecule is COc1cccc(-c2cc[n+](CC(=O)c3ccc(Br)cc3)cn2)c1.[Br-]. The summed E-state index contributed by atoms with van der Waals surface area (Å²) in [5, 5.41) is 0. The molecule has 0 fully saturated rings. The number of carbonyl (C=O) groups is 1. The Kier molecular flexibility index (Phi) is 6.84. The molecule has 1 heterocycles. The highest BCUT2D eigenvalue weighted by atomic mass is 79.9. The zero-order valence-electron chi connectivity index (χ0n) is 13.5. The minimum atomic E-state index is 0. The number of rotatable bonds is 5. The maximum atomic E-state index is 12.3. The van der Waals surface area contributed by atoms with Crippen LogP contribution in [0, 0.1) is 0 Å². The highest BCUT2D eigenvalue weighted by molar-refractivity contribution is 9.10. The molecule has 0 amide bonds. The molecular weight excluding hydrogens is 448 g/mol. The molecule has 0 bridgehead atoms. The van der Waals surface area contributed by atoms with Gasteiger partial charge in [-0.3, -0.25) is 4.79 Å². The maximum absolute atomic E-state index is 12.3. The van der Waals surface area contributed by atoms with Gasteiger partial charge in [-0.1, -0.05) is 40.2 Å². The molecule has 6 heteroatoms. The number of hydrogen-bond donors (Lipinski definition) is 0. The average Bonchev–Trinajstić information content (AvgIpc) is 2.63. The molecule has 0 saturated heterocycles. The van der Waals surface area contributed by atoms with Crippen LogP contribution in [0.4, 0.5) is 0 Å². The molecule has 0 spiro atoms. The molecule has 0 saturated carbocycles. The van der Waals surface area contributed by atoms with Crippen molar-refractivity contribution in [1.82, 2.24) is 4.98 Å². The van der Waals surface area contributed by atoms with Gasteiger partial charge >= 0.3 is 0 Å². The normalized spacial score (nSPS) is 10.0. The van der Waals surface area contributed by atoms with Crippen LogP contribution < -0.4 is 26.3 Å². The van der Waals surface area contributed by atoms with Gasteiger partial charge in [-0.2, -0.15) is 0 Å². The van der Waals surface area contributed by atoms with Crippen molar-refractivity contribution >= 4 is 21.7 Å². The van der Waals surface area contributed by atoms with E-state index < -0.39 is 0 Å². The van der Waals surface area contributed by atoms with E-state index >= 15 is 0 Å². The van der Waals surface area contributed by atoms with E-state index in [-0.39, 0.29) is 29.3 Å². The summed E-state index contributed by atoms with van der Waals surface area (Å²) in [6, 6.07) is 17.0. The van der Waals surface area contributed by atoms with Crippen molar-refractivity contribution in [1.29, 1.82) is 0 Å². The molecule has 2 aromatic carbocycles. The van der Waals surface area contributed by atoms with Crippen molar-refractivity contribution in [3.63, 3.8) is 0 Å². The molecular formula is C19H16Br2N2O2. The summed E-state index contributed by atoms with van der Waals surface area (Å²) in [5.74, 6) is 0.833. The molecule has 0 unspecified atom stereocenters. The summed E-state index contributed by atoms with van der Waals surface area (Å²) in [7, 11) is 1.64. The minimum Gasteiger partial charge on any atom is -1.00 e. The van der Waals surface area contributed by atoms with Crippen molar-refractivity contribution in [2.24, 2.45) is 0 Å². The zero-order valence-corrected chi connectivity index (χ0v) is 16.7. The van der Waals surface area contributed by atoms with E-state index in [9.17, 15) is 4.79 Å². The Morgan fingerprint density at radius 1 is 1.16 bits per heavy atom. The number of nitrogens with zero attached hydrogens (tertiary/aromatic N) is 2. The first kappa shape index (κ1) is 19.3. The number of ether oxygens (including phenoxy) is 1. The number of Topliss-reactive ketones (excluding diaryl/α,β-unsaturated/α-hetero) is 1. The van der Waals surface area contributed by atoms with Crippen molar-refractivity contribution in [2.45, 2.75) is 6.54 Å². The van der Waals surface area contributed by atoms with E-state index in [1.807, 2.05) is 60.8 Å². The lowest BCUT2D eigenvalue weighted by molar-refractivity contribution is -0.686. The molecule has 25 heavy (non-hydrogen) atoms. The Bertz CT molecular complexity index is 850. The van der Waals surface area contributed by atoms with Crippen LogP contribution in [0.25, 0.3) is 11.3 Å². The number of ketones is 1. The van der Waals surface area contributed by atoms with Crippen molar-refractivity contribution in [3.05, 3.63) is 77.2 Å². The van der Waals surface area contributed by atoms with E-state index in [1.165, 1.54) is 0 Å². The first-order valence-electron chi connectivity index (χ1n) is 7.44. The third-order valence-electron chi connectivity index (χ3n) is 3.63. The molecule has 0 aliphatic carbocycles. The van der Waals surface area contributed by atoms with Crippen LogP contribution >= 0.6 is 15.9 Å². The topological polar surface area (TPSA) is 43.1 Å². The lowest BCUT2D eigenvalue weighted by Crippen LogP contribution is -3.00. The third kappa shape index (κ3) is 4.96. The highest BCUT2D eigenvalue weighted by Gasteiger charge is 2.12. The van der Waals surface area contributed by atoms with Crippen LogP contribution in [-0.4, -0.2) is 17.9 Å². The van der Waals surface area contributed by atoms with Gasteiger partial charge in [0.2, 0.25) is 5.78 Å². The summed E-state index contributed by atoms with van der Waals surface area (Å²) in [6.45, 7) is 0.257. The van der Waals surface area contributed by atoms with Crippen molar-refractivity contribution in [2.75, 3.05) is 7.11 Å². The summed E-state index contributed by atoms with van der Waals surface area (Å²) in [6.07, 6.45) is 3.53. The van der Waals surface area contributed by atoms with Crippen LogP contribution in [-0.2, 0) is 6.54 Å². The molecule has 0 aliphatic heterocycles. The van der Waals surface area contributed by atoms with Gasteiger partial charge in [-0.25, -0.2) is 4.57 Å². The van der Waals surface area contributed by atoms with Gasteiger partial charge in [0.05, 0.1) is 13.3 Å². The second kappa shape index (κ2) is 8.87. The third-order valence-corrected chi connectivity index (χ3v) is 4.16. The molecule has 3 rings (SSSR count). The Hall–Kier alpha value is -2.05. The van der Waals surface area contributed by atoms with Gasteiger partial charge < -0.3 is 21.7 Å². The fourth-order valence-corrected chi connectivity index (χ4v) is 2.59. The predicted molar refractivity (Wildman–Crippen MR) is 94.9 cm³/mol. The van der Waals surface area contributed by atoms with Gasteiger partial charge in [-0.05, 0) is 29.2 Å². The monoisotopic (exact) mass is 462 g/mol. The average molecular weight is 464 g/mol. The Morgan fingerprint density at radius 3 is 2.56 bits per heavy atom. The second-order valence-corrected chi connectivity index (χ2v) is 6.20. The molecule has 4 nitrogen and oxygen atoms in total. The Labute approximate surface area is 165 Å². The summed E-state index contributed by atoms with van der Waals surface area (Å²) in [5.41, 5.74) is 2.49. The van der Waals surface area contributed by atoms with Gasteiger partial charge in [0, 0.05) is 21.7 Å². The lowest BCUT2D eigenvalue weighted by Gasteiger charge is -2.02. The molecule has 0 aliphatic rings. The number of methoxy groups -OCH3 is 1. The number of benzene rings is 2. The van der Waals surface area contributed by atoms with E-state index in [2.05, 4.69) is 20.9 Å². The van der Waals surface area contributed by atoms with Crippen LogP contribution in [0.3, 0.4) is 0 Å². The van der Waals surface area contributed by atoms with E-state index in [0.717, 1.165) is 21.5 Å². The molecule has 0 N–H and O–H groups in total. The molecule has 1 aromatic heterocycles. The highest BCUT2D eigenvalue weighted by Crippen LogP contribution is 2.21. The standard InChI is InChI=1S/C19H16BrN2O2.BrH/c1-24-17-4-2-3-15(11-17)18-9-10-22(13-21-18)12-19(23)14-5-7-16(20)8-6-14;/h2-11,13H,12H2,1H3;1H/q+1;/p-1. The Morgan fingerprint density at radius 2 is 1.92 bits per heavy atom. The van der Waals surface area contributed by atoms with Gasteiger partial charge in [0.25, 0.3) is 6.33 Å². The summed E-state index contributed by atoms with van der Waals surface area (Å²) >= 11 is 3.37. The largest absolute Gasteiger partial charge is 1.00 e. The predicted octanol–water partition coefficient (Wildman–Crippen LogP) is 0.694. The number of halogens is 2. The molecule has 0 atom stereocenters. The minimum absolute atomic E-state index is 0. The zero-order chi connectivity index (χ0) is 16.9. The van der Waals surface area contributed by atoms with Gasteiger partial charge in [0.15, 0.2) is 12.2 Å². The van der Waals surface area contributed by atoms with Crippen LogP contribution in [0.5, 0.6) is 5.75 Å². The van der Waals surface area contributed by atoms with Crippen LogP contribution in [0.15, 0.2) is 71.6 Å². The van der Waals surface area contributed by atoms with Crippen molar-refractivity contribution in [3.8, 4) is 17.0 Å². The first-order valence-corrected chi connectivity index (χ1v) is 8.23. The molecule has 128 valence electrons. The van der Waals surface area contributed by atoms with Gasteiger partial charge in [0.1, 0.15) is 5.75 Å². The maximum Gasteiger partial charge on any atom is 0.287 e. The van der Waals surface area contributed by atoms with Crippen molar-refractivity contribution < 1.29 is 31.1 Å². The first-order chi connectivity index (χ1) is 11.7. The smallest absolute Gasteiger partial charge is 0.287 e. The number of hydrogen-bond acceptors (Lipinski definition) is 3. The lowest BCUT2D eigenvalue weighted by atomic mass is 10.1. The molecule has 3 aromatic rings. The fraction of sp³-hybridized carbons (Fsp3) is 0.105. The fourth-order valence-electron chi connectivity index (χ4n) is 2.32. The van der Waals surface area contributed by atoms with Crippen LogP contribution in [0.1, 0.15) is 10.4 Å². The number of aromatic nitrogens is 2. The van der Waals surface area contributed by atoms with Gasteiger partial charge in [-0.15, -0.1) is 0 Å². The summed E-state index contributed by atoms with van der Waals surface area (Å²) in [4.78, 5) is 16.7. The second-order valence-electron chi connectivity index (χ2n) is 5.28. The van der Waals surface area contributed by atoms with E-state index in [1.54, 1.807) is 18.0 Å². The quantitative estimate of drug-likeness (QED) is 0.413. The summed E-state index contributed by atoms with van der Waals surface area (Å²) < 4.78 is 7.96.